The zero-order valence-electron chi connectivity index (χ0n) is 10.7. The Kier molecular flexibility index (Phi) is 3.76. The number of nitrogens with zero attached hydrogens (tertiary/aromatic N) is 2. The van der Waals surface area contributed by atoms with E-state index in [9.17, 15) is 0 Å². The zero-order valence-corrected chi connectivity index (χ0v) is 12.3. The Morgan fingerprint density at radius 2 is 1.90 bits per heavy atom. The van der Waals surface area contributed by atoms with Gasteiger partial charge in [0.15, 0.2) is 5.82 Å². The second-order valence-corrected chi connectivity index (χ2v) is 5.61. The van der Waals surface area contributed by atoms with Crippen molar-refractivity contribution in [2.24, 2.45) is 0 Å². The van der Waals surface area contributed by atoms with Crippen LogP contribution < -0.4 is 0 Å². The Hall–Kier alpha value is -1.78. The van der Waals surface area contributed by atoms with Gasteiger partial charge >= 0.3 is 0 Å². The van der Waals surface area contributed by atoms with Crippen molar-refractivity contribution in [3.63, 3.8) is 0 Å². The molecule has 0 atom stereocenters. The Morgan fingerprint density at radius 1 is 1.10 bits per heavy atom. The average Bonchev–Trinajstić information content (AvgIpc) is 2.85. The van der Waals surface area contributed by atoms with Crippen LogP contribution in [-0.2, 0) is 0 Å². The van der Waals surface area contributed by atoms with Crippen LogP contribution in [0, 0.1) is 6.92 Å². The third-order valence-corrected chi connectivity index (χ3v) is 3.98. The molecule has 0 fully saturated rings. The molecule has 0 aliphatic heterocycles. The molecule has 5 heteroatoms. The maximum atomic E-state index is 6.09. The third-order valence-electron chi connectivity index (χ3n) is 2.73. The SMILES string of the molecule is Cc1occc1Sc1cc(Cl)nc(-c2ccccc2)n1. The van der Waals surface area contributed by atoms with Crippen LogP contribution in [0.5, 0.6) is 0 Å². The molecule has 0 amide bonds. The lowest BCUT2D eigenvalue weighted by Crippen LogP contribution is -1.91. The van der Waals surface area contributed by atoms with Crippen molar-refractivity contribution in [3.05, 3.63) is 59.6 Å². The number of rotatable bonds is 3. The fourth-order valence-corrected chi connectivity index (χ4v) is 2.85. The first-order valence-electron chi connectivity index (χ1n) is 6.04. The van der Waals surface area contributed by atoms with E-state index in [-0.39, 0.29) is 0 Å². The summed E-state index contributed by atoms with van der Waals surface area (Å²) in [6, 6.07) is 13.5. The van der Waals surface area contributed by atoms with Crippen molar-refractivity contribution in [3.8, 4) is 11.4 Å². The van der Waals surface area contributed by atoms with Crippen LogP contribution >= 0.6 is 23.4 Å². The number of aromatic nitrogens is 2. The minimum absolute atomic E-state index is 0.433. The molecule has 0 bridgehead atoms. The quantitative estimate of drug-likeness (QED) is 0.648. The number of hydrogen-bond donors (Lipinski definition) is 0. The molecule has 0 aliphatic rings. The van der Waals surface area contributed by atoms with Crippen molar-refractivity contribution in [2.45, 2.75) is 16.8 Å². The molecule has 2 heterocycles. The maximum absolute atomic E-state index is 6.09. The normalized spacial score (nSPS) is 10.7. The molecule has 3 aromatic rings. The van der Waals surface area contributed by atoms with Crippen LogP contribution in [0.1, 0.15) is 5.76 Å². The van der Waals surface area contributed by atoms with E-state index in [0.29, 0.717) is 11.0 Å². The highest BCUT2D eigenvalue weighted by molar-refractivity contribution is 7.99. The summed E-state index contributed by atoms with van der Waals surface area (Å²) in [6.07, 6.45) is 1.67. The number of benzene rings is 1. The Labute approximate surface area is 126 Å². The summed E-state index contributed by atoms with van der Waals surface area (Å²) in [6.45, 7) is 1.92. The number of halogens is 1. The van der Waals surface area contributed by atoms with E-state index in [1.807, 2.05) is 43.3 Å². The van der Waals surface area contributed by atoms with E-state index in [4.69, 9.17) is 16.0 Å². The van der Waals surface area contributed by atoms with Gasteiger partial charge in [-0.2, -0.15) is 0 Å². The Morgan fingerprint density at radius 3 is 2.60 bits per heavy atom. The van der Waals surface area contributed by atoms with Crippen LogP contribution in [0.15, 0.2) is 63.1 Å². The molecule has 3 nitrogen and oxygen atoms in total. The topological polar surface area (TPSA) is 38.9 Å². The van der Waals surface area contributed by atoms with Gasteiger partial charge in [-0.25, -0.2) is 9.97 Å². The highest BCUT2D eigenvalue weighted by Gasteiger charge is 2.09. The van der Waals surface area contributed by atoms with Crippen LogP contribution in [0.3, 0.4) is 0 Å². The van der Waals surface area contributed by atoms with E-state index in [2.05, 4.69) is 9.97 Å². The lowest BCUT2D eigenvalue weighted by Gasteiger charge is -2.04. The average molecular weight is 303 g/mol. The van der Waals surface area contributed by atoms with Gasteiger partial charge in [0.05, 0.1) is 11.2 Å². The summed E-state index contributed by atoms with van der Waals surface area (Å²) >= 11 is 7.61. The standard InChI is InChI=1S/C15H11ClN2OS/c1-10-12(7-8-19-10)20-14-9-13(16)17-15(18-14)11-5-3-2-4-6-11/h2-9H,1H3. The molecule has 1 aromatic carbocycles. The van der Waals surface area contributed by atoms with Crippen LogP contribution in [0.2, 0.25) is 5.15 Å². The molecule has 3 rings (SSSR count). The lowest BCUT2D eigenvalue weighted by atomic mass is 10.2. The predicted molar refractivity (Wildman–Crippen MR) is 80.0 cm³/mol. The van der Waals surface area contributed by atoms with Gasteiger partial charge in [0.2, 0.25) is 0 Å². The van der Waals surface area contributed by atoms with Gasteiger partial charge in [0, 0.05) is 11.6 Å². The van der Waals surface area contributed by atoms with E-state index >= 15 is 0 Å². The first-order valence-corrected chi connectivity index (χ1v) is 7.24. The first kappa shape index (κ1) is 13.2. The molecule has 2 aromatic heterocycles. The molecule has 100 valence electrons. The van der Waals surface area contributed by atoms with Gasteiger partial charge in [-0.15, -0.1) is 0 Å². The van der Waals surface area contributed by atoms with Crippen molar-refractivity contribution in [1.82, 2.24) is 9.97 Å². The Balaban J connectivity index is 1.97. The number of hydrogen-bond acceptors (Lipinski definition) is 4. The van der Waals surface area contributed by atoms with Gasteiger partial charge in [0.25, 0.3) is 0 Å². The molecule has 0 saturated heterocycles. The maximum Gasteiger partial charge on any atom is 0.162 e. The minimum atomic E-state index is 0.433. The van der Waals surface area contributed by atoms with Gasteiger partial charge < -0.3 is 4.42 Å². The highest BCUT2D eigenvalue weighted by Crippen LogP contribution is 2.31. The lowest BCUT2D eigenvalue weighted by molar-refractivity contribution is 0.527. The van der Waals surface area contributed by atoms with E-state index in [1.165, 1.54) is 11.8 Å². The number of furan rings is 1. The summed E-state index contributed by atoms with van der Waals surface area (Å²) in [7, 11) is 0. The zero-order chi connectivity index (χ0) is 13.9. The monoisotopic (exact) mass is 302 g/mol. The first-order chi connectivity index (χ1) is 9.72. The number of aryl methyl sites for hydroxylation is 1. The molecule has 0 unspecified atom stereocenters. The summed E-state index contributed by atoms with van der Waals surface area (Å²) in [4.78, 5) is 9.85. The van der Waals surface area contributed by atoms with Gasteiger partial charge in [-0.1, -0.05) is 53.7 Å². The fourth-order valence-electron chi connectivity index (χ4n) is 1.76. The second kappa shape index (κ2) is 5.69. The summed E-state index contributed by atoms with van der Waals surface area (Å²) in [5, 5.41) is 1.23. The fraction of sp³-hybridized carbons (Fsp3) is 0.0667. The summed E-state index contributed by atoms with van der Waals surface area (Å²) in [5.74, 6) is 1.49. The largest absolute Gasteiger partial charge is 0.468 e. The second-order valence-electron chi connectivity index (χ2n) is 4.16. The molecule has 0 radical (unpaired) electrons. The van der Waals surface area contributed by atoms with E-state index < -0.39 is 0 Å². The van der Waals surface area contributed by atoms with Crippen molar-refractivity contribution in [2.75, 3.05) is 0 Å². The predicted octanol–water partition coefficient (Wildman–Crippen LogP) is 4.85. The molecule has 0 aliphatic carbocycles. The van der Waals surface area contributed by atoms with Gasteiger partial charge in [-0.3, -0.25) is 0 Å². The van der Waals surface area contributed by atoms with E-state index in [0.717, 1.165) is 21.2 Å². The minimum Gasteiger partial charge on any atom is -0.468 e. The smallest absolute Gasteiger partial charge is 0.162 e. The van der Waals surface area contributed by atoms with Gasteiger partial charge in [0.1, 0.15) is 15.9 Å². The van der Waals surface area contributed by atoms with Crippen LogP contribution in [0.25, 0.3) is 11.4 Å². The molecule has 0 N–H and O–H groups in total. The molecular weight excluding hydrogens is 292 g/mol. The van der Waals surface area contributed by atoms with Crippen LogP contribution in [-0.4, -0.2) is 9.97 Å². The Bertz CT molecular complexity index is 728. The van der Waals surface area contributed by atoms with Crippen molar-refractivity contribution >= 4 is 23.4 Å². The molecular formula is C15H11ClN2OS. The molecule has 0 spiro atoms. The van der Waals surface area contributed by atoms with Crippen molar-refractivity contribution < 1.29 is 4.42 Å². The summed E-state index contributed by atoms with van der Waals surface area (Å²) in [5.41, 5.74) is 0.945. The van der Waals surface area contributed by atoms with E-state index in [1.54, 1.807) is 12.3 Å². The highest BCUT2D eigenvalue weighted by atomic mass is 35.5. The van der Waals surface area contributed by atoms with Crippen molar-refractivity contribution in [1.29, 1.82) is 0 Å². The molecule has 0 saturated carbocycles. The van der Waals surface area contributed by atoms with Gasteiger partial charge in [-0.05, 0) is 13.0 Å². The third kappa shape index (κ3) is 2.86. The molecule has 20 heavy (non-hydrogen) atoms. The van der Waals surface area contributed by atoms with Crippen LogP contribution in [0.4, 0.5) is 0 Å². The summed E-state index contributed by atoms with van der Waals surface area (Å²) < 4.78 is 5.28.